The molecule has 0 amide bonds. The summed E-state index contributed by atoms with van der Waals surface area (Å²) in [5.41, 5.74) is 6.44. The van der Waals surface area contributed by atoms with Crippen LogP contribution in [0.15, 0.2) is 12.7 Å². The van der Waals surface area contributed by atoms with Crippen LogP contribution in [0.1, 0.15) is 0 Å². The van der Waals surface area contributed by atoms with Gasteiger partial charge >= 0.3 is 0 Å². The number of anilines is 1. The molecule has 0 spiro atoms. The molecule has 8 heteroatoms. The first-order valence-electron chi connectivity index (χ1n) is 5.45. The van der Waals surface area contributed by atoms with E-state index in [0.29, 0.717) is 11.2 Å². The first kappa shape index (κ1) is 11.3. The Bertz CT molecular complexity index is 599. The third-order valence-corrected chi connectivity index (χ3v) is 3.38. The molecule has 2 heterocycles. The number of alkyl halides is 2. The topological polar surface area (TPSA) is 89.9 Å². The van der Waals surface area contributed by atoms with Crippen LogP contribution in [0, 0.1) is 11.8 Å². The summed E-state index contributed by atoms with van der Waals surface area (Å²) in [7, 11) is 0. The fraction of sp³-hybridized carbons (Fsp3) is 0.500. The predicted molar refractivity (Wildman–Crippen MR) is 58.7 cm³/mol. The van der Waals surface area contributed by atoms with Crippen LogP contribution >= 0.6 is 0 Å². The van der Waals surface area contributed by atoms with Gasteiger partial charge in [-0.05, 0) is 0 Å². The predicted octanol–water partition coefficient (Wildman–Crippen LogP) is 0.282. The fourth-order valence-corrected chi connectivity index (χ4v) is 2.20. The molecule has 6 nitrogen and oxygen atoms in total. The minimum Gasteiger partial charge on any atom is -0.396 e. The van der Waals surface area contributed by atoms with Crippen LogP contribution in [0.25, 0.3) is 11.2 Å². The van der Waals surface area contributed by atoms with Crippen LogP contribution in [0.3, 0.4) is 0 Å². The van der Waals surface area contributed by atoms with Crippen molar-refractivity contribution in [3.63, 3.8) is 0 Å². The maximum absolute atomic E-state index is 13.3. The second-order valence-electron chi connectivity index (χ2n) is 4.40. The molecule has 1 aliphatic carbocycles. The summed E-state index contributed by atoms with van der Waals surface area (Å²) in [6, 6.07) is 0. The second-order valence-corrected chi connectivity index (χ2v) is 4.40. The van der Waals surface area contributed by atoms with E-state index in [-0.39, 0.29) is 12.4 Å². The van der Waals surface area contributed by atoms with E-state index < -0.39 is 24.4 Å². The van der Waals surface area contributed by atoms with Gasteiger partial charge in [0.2, 0.25) is 0 Å². The van der Waals surface area contributed by atoms with Crippen molar-refractivity contribution < 1.29 is 13.9 Å². The highest BCUT2D eigenvalue weighted by Gasteiger charge is 2.67. The number of aromatic nitrogens is 4. The third-order valence-electron chi connectivity index (χ3n) is 3.38. The number of halogens is 2. The van der Waals surface area contributed by atoms with E-state index in [0.717, 1.165) is 0 Å². The number of nitrogens with zero attached hydrogens (tertiary/aromatic N) is 4. The number of hydrogen-bond acceptors (Lipinski definition) is 5. The Kier molecular flexibility index (Phi) is 2.24. The summed E-state index contributed by atoms with van der Waals surface area (Å²) in [5, 5.41) is 8.85. The molecule has 2 aromatic rings. The van der Waals surface area contributed by atoms with Gasteiger partial charge in [0.15, 0.2) is 11.5 Å². The molecule has 3 rings (SSSR count). The standard InChI is InChI=1S/C10H11F2N5O/c11-10(12)5(6(10)2-18)1-17-4-16-7-8(13)14-3-15-9(7)17/h3-6,18H,1-2H2,(H2,13,14,15)/t5-,6+/m1/s1. The van der Waals surface area contributed by atoms with Crippen molar-refractivity contribution in [3.05, 3.63) is 12.7 Å². The van der Waals surface area contributed by atoms with Gasteiger partial charge in [-0.25, -0.2) is 23.7 Å². The van der Waals surface area contributed by atoms with Gasteiger partial charge in [-0.15, -0.1) is 0 Å². The molecule has 2 atom stereocenters. The number of aliphatic hydroxyl groups is 1. The van der Waals surface area contributed by atoms with Gasteiger partial charge in [-0.2, -0.15) is 0 Å². The Labute approximate surface area is 100 Å². The molecule has 96 valence electrons. The quantitative estimate of drug-likeness (QED) is 0.822. The highest BCUT2D eigenvalue weighted by Crippen LogP contribution is 2.55. The smallest absolute Gasteiger partial charge is 0.258 e. The maximum atomic E-state index is 13.3. The van der Waals surface area contributed by atoms with Crippen molar-refractivity contribution >= 4 is 17.0 Å². The monoisotopic (exact) mass is 255 g/mol. The Balaban J connectivity index is 1.91. The molecule has 0 saturated heterocycles. The van der Waals surface area contributed by atoms with E-state index in [9.17, 15) is 8.78 Å². The lowest BCUT2D eigenvalue weighted by molar-refractivity contribution is 0.0704. The van der Waals surface area contributed by atoms with Gasteiger partial charge in [0.25, 0.3) is 5.92 Å². The van der Waals surface area contributed by atoms with Crippen LogP contribution in [0.2, 0.25) is 0 Å². The summed E-state index contributed by atoms with van der Waals surface area (Å²) in [6.45, 7) is -0.452. The molecule has 1 fully saturated rings. The lowest BCUT2D eigenvalue weighted by Crippen LogP contribution is -2.05. The van der Waals surface area contributed by atoms with E-state index in [2.05, 4.69) is 15.0 Å². The average Bonchev–Trinajstić information content (AvgIpc) is 2.69. The molecule has 2 aromatic heterocycles. The molecule has 0 radical (unpaired) electrons. The van der Waals surface area contributed by atoms with Crippen molar-refractivity contribution in [2.75, 3.05) is 12.3 Å². The van der Waals surface area contributed by atoms with Gasteiger partial charge in [0.1, 0.15) is 11.8 Å². The zero-order chi connectivity index (χ0) is 12.9. The van der Waals surface area contributed by atoms with Crippen LogP contribution in [-0.2, 0) is 6.54 Å². The van der Waals surface area contributed by atoms with Crippen molar-refractivity contribution in [1.29, 1.82) is 0 Å². The fourth-order valence-electron chi connectivity index (χ4n) is 2.20. The molecule has 18 heavy (non-hydrogen) atoms. The molecule has 0 unspecified atom stereocenters. The number of imidazole rings is 1. The molecule has 1 saturated carbocycles. The number of aliphatic hydroxyl groups excluding tert-OH is 1. The summed E-state index contributed by atoms with van der Waals surface area (Å²) in [6.07, 6.45) is 2.68. The summed E-state index contributed by atoms with van der Waals surface area (Å²) in [5.74, 6) is -4.45. The summed E-state index contributed by atoms with van der Waals surface area (Å²) in [4.78, 5) is 11.8. The van der Waals surface area contributed by atoms with Crippen LogP contribution in [0.5, 0.6) is 0 Å². The van der Waals surface area contributed by atoms with E-state index in [1.807, 2.05) is 0 Å². The minimum atomic E-state index is -2.82. The average molecular weight is 255 g/mol. The van der Waals surface area contributed by atoms with Gasteiger partial charge in [-0.1, -0.05) is 0 Å². The number of nitrogens with two attached hydrogens (primary N) is 1. The molecule has 1 aliphatic rings. The molecule has 0 aliphatic heterocycles. The molecular formula is C10H11F2N5O. The van der Waals surface area contributed by atoms with Crippen molar-refractivity contribution in [3.8, 4) is 0 Å². The van der Waals surface area contributed by atoms with E-state index in [1.54, 1.807) is 0 Å². The zero-order valence-electron chi connectivity index (χ0n) is 9.29. The lowest BCUT2D eigenvalue weighted by atomic mass is 10.3. The van der Waals surface area contributed by atoms with E-state index in [1.165, 1.54) is 17.2 Å². The van der Waals surface area contributed by atoms with Crippen LogP contribution in [-0.4, -0.2) is 37.2 Å². The van der Waals surface area contributed by atoms with Crippen LogP contribution < -0.4 is 5.73 Å². The highest BCUT2D eigenvalue weighted by atomic mass is 19.3. The first-order chi connectivity index (χ1) is 8.55. The van der Waals surface area contributed by atoms with Gasteiger partial charge in [0.05, 0.1) is 24.8 Å². The van der Waals surface area contributed by atoms with E-state index in [4.69, 9.17) is 10.8 Å². The Hall–Kier alpha value is -1.83. The second kappa shape index (κ2) is 3.58. The molecule has 3 N–H and O–H groups in total. The SMILES string of the molecule is Nc1ncnc2c1ncn2C[C@@H]1[C@H](CO)C1(F)F. The third kappa shape index (κ3) is 1.45. The maximum Gasteiger partial charge on any atom is 0.258 e. The Morgan fingerprint density at radius 1 is 1.33 bits per heavy atom. The largest absolute Gasteiger partial charge is 0.396 e. The van der Waals surface area contributed by atoms with Crippen molar-refractivity contribution in [1.82, 2.24) is 19.5 Å². The Morgan fingerprint density at radius 2 is 2.11 bits per heavy atom. The van der Waals surface area contributed by atoms with Gasteiger partial charge in [-0.3, -0.25) is 0 Å². The van der Waals surface area contributed by atoms with Crippen molar-refractivity contribution in [2.24, 2.45) is 11.8 Å². The van der Waals surface area contributed by atoms with Gasteiger partial charge in [0, 0.05) is 6.54 Å². The minimum absolute atomic E-state index is 0.0607. The first-order valence-corrected chi connectivity index (χ1v) is 5.45. The number of fused-ring (bicyclic) bond motifs is 1. The van der Waals surface area contributed by atoms with Crippen LogP contribution in [0.4, 0.5) is 14.6 Å². The number of hydrogen-bond donors (Lipinski definition) is 2. The lowest BCUT2D eigenvalue weighted by Gasteiger charge is -2.02. The van der Waals surface area contributed by atoms with E-state index >= 15 is 0 Å². The summed E-state index contributed by atoms with van der Waals surface area (Å²) >= 11 is 0. The number of nitrogen functional groups attached to an aromatic ring is 1. The normalized spacial score (nSPS) is 25.5. The highest BCUT2D eigenvalue weighted by molar-refractivity contribution is 5.81. The zero-order valence-corrected chi connectivity index (χ0v) is 9.29. The Morgan fingerprint density at radius 3 is 2.78 bits per heavy atom. The molecule has 0 aromatic carbocycles. The van der Waals surface area contributed by atoms with Gasteiger partial charge < -0.3 is 15.4 Å². The molecular weight excluding hydrogens is 244 g/mol. The summed E-state index contributed by atoms with van der Waals surface area (Å²) < 4.78 is 28.1. The van der Waals surface area contributed by atoms with Crippen molar-refractivity contribution in [2.45, 2.75) is 12.5 Å². The number of rotatable bonds is 3. The molecule has 0 bridgehead atoms.